The van der Waals surface area contributed by atoms with E-state index in [0.29, 0.717) is 12.3 Å². The second kappa shape index (κ2) is 5.51. The molecular formula is C16H17N5O2. The van der Waals surface area contributed by atoms with E-state index in [-0.39, 0.29) is 18.1 Å². The highest BCUT2D eigenvalue weighted by Gasteiger charge is 2.34. The van der Waals surface area contributed by atoms with Gasteiger partial charge >= 0.3 is 0 Å². The fraction of sp³-hybridized carbons (Fsp3) is 0.312. The number of ether oxygens (including phenoxy) is 1. The maximum absolute atomic E-state index is 12.6. The van der Waals surface area contributed by atoms with Crippen LogP contribution in [0.2, 0.25) is 0 Å². The molecule has 7 nitrogen and oxygen atoms in total. The number of aromatic nitrogens is 4. The van der Waals surface area contributed by atoms with Crippen molar-refractivity contribution in [2.24, 2.45) is 7.05 Å². The van der Waals surface area contributed by atoms with Crippen molar-refractivity contribution in [2.75, 3.05) is 6.61 Å². The van der Waals surface area contributed by atoms with E-state index >= 15 is 0 Å². The summed E-state index contributed by atoms with van der Waals surface area (Å²) in [7, 11) is 1.92. The molecule has 1 amide bonds. The van der Waals surface area contributed by atoms with Crippen molar-refractivity contribution >= 4 is 16.8 Å². The summed E-state index contributed by atoms with van der Waals surface area (Å²) in [6.07, 6.45) is 4.13. The van der Waals surface area contributed by atoms with Crippen molar-refractivity contribution in [1.29, 1.82) is 0 Å². The number of H-pyrrole nitrogens is 1. The highest BCUT2D eigenvalue weighted by Crippen LogP contribution is 2.28. The standard InChI is InChI=1S/C16H17N5O2/c1-21-8-7-17-15(21)14-12(6-9-23-14)18-16(22)13-10-4-2-3-5-11(10)19-20-13/h2-5,7-8,12,14H,6,9H2,1H3,(H,18,22)(H,19,20)/t12-,14-/m0/s1. The third kappa shape index (κ3) is 2.39. The number of nitrogens with zero attached hydrogens (tertiary/aromatic N) is 3. The zero-order valence-corrected chi connectivity index (χ0v) is 12.7. The number of rotatable bonds is 3. The molecule has 1 fully saturated rings. The van der Waals surface area contributed by atoms with E-state index in [4.69, 9.17) is 4.74 Å². The van der Waals surface area contributed by atoms with Crippen LogP contribution in [0.15, 0.2) is 36.7 Å². The van der Waals surface area contributed by atoms with Gasteiger partial charge in [-0.05, 0) is 12.5 Å². The first-order valence-electron chi connectivity index (χ1n) is 7.57. The van der Waals surface area contributed by atoms with Gasteiger partial charge in [-0.1, -0.05) is 18.2 Å². The Morgan fingerprint density at radius 3 is 3.13 bits per heavy atom. The lowest BCUT2D eigenvalue weighted by Crippen LogP contribution is -2.37. The van der Waals surface area contributed by atoms with E-state index < -0.39 is 0 Å². The van der Waals surface area contributed by atoms with Crippen LogP contribution < -0.4 is 5.32 Å². The van der Waals surface area contributed by atoms with Gasteiger partial charge in [-0.15, -0.1) is 0 Å². The zero-order chi connectivity index (χ0) is 15.8. The Bertz CT molecular complexity index is 853. The minimum absolute atomic E-state index is 0.112. The van der Waals surface area contributed by atoms with Gasteiger partial charge in [0.25, 0.3) is 5.91 Å². The van der Waals surface area contributed by atoms with Crippen LogP contribution in [0.25, 0.3) is 10.9 Å². The van der Waals surface area contributed by atoms with Crippen LogP contribution in [0.1, 0.15) is 28.8 Å². The van der Waals surface area contributed by atoms with Crippen molar-refractivity contribution in [3.05, 3.63) is 48.2 Å². The molecule has 3 aromatic rings. The van der Waals surface area contributed by atoms with Crippen LogP contribution in [0, 0.1) is 0 Å². The van der Waals surface area contributed by atoms with Crippen LogP contribution in [0.5, 0.6) is 0 Å². The zero-order valence-electron chi connectivity index (χ0n) is 12.7. The molecule has 0 radical (unpaired) electrons. The maximum Gasteiger partial charge on any atom is 0.272 e. The number of benzene rings is 1. The quantitative estimate of drug-likeness (QED) is 0.768. The van der Waals surface area contributed by atoms with Gasteiger partial charge < -0.3 is 14.6 Å². The van der Waals surface area contributed by atoms with Crippen LogP contribution >= 0.6 is 0 Å². The first-order valence-corrected chi connectivity index (χ1v) is 7.57. The fourth-order valence-corrected chi connectivity index (χ4v) is 3.02. The van der Waals surface area contributed by atoms with Gasteiger partial charge in [-0.2, -0.15) is 5.10 Å². The van der Waals surface area contributed by atoms with Gasteiger partial charge in [0, 0.05) is 31.4 Å². The van der Waals surface area contributed by atoms with Gasteiger partial charge in [-0.3, -0.25) is 9.89 Å². The monoisotopic (exact) mass is 311 g/mol. The molecule has 3 heterocycles. The third-order valence-corrected chi connectivity index (χ3v) is 4.21. The topological polar surface area (TPSA) is 84.8 Å². The molecule has 0 bridgehead atoms. The summed E-state index contributed by atoms with van der Waals surface area (Å²) in [6.45, 7) is 0.601. The summed E-state index contributed by atoms with van der Waals surface area (Å²) >= 11 is 0. The number of imidazole rings is 1. The molecule has 1 aliphatic rings. The SMILES string of the molecule is Cn1ccnc1[C@H]1OCC[C@@H]1NC(=O)c1n[nH]c2ccccc12. The lowest BCUT2D eigenvalue weighted by molar-refractivity contribution is 0.0777. The number of amides is 1. The Balaban J connectivity index is 1.57. The molecule has 2 aromatic heterocycles. The summed E-state index contributed by atoms with van der Waals surface area (Å²) in [5.41, 5.74) is 1.26. The van der Waals surface area contributed by atoms with Crippen molar-refractivity contribution in [3.8, 4) is 0 Å². The van der Waals surface area contributed by atoms with E-state index in [1.165, 1.54) is 0 Å². The average Bonchev–Trinajstić information content (AvgIpc) is 3.26. The first kappa shape index (κ1) is 14.0. The molecule has 0 saturated carbocycles. The van der Waals surface area contributed by atoms with Gasteiger partial charge in [0.05, 0.1) is 11.6 Å². The molecule has 7 heteroatoms. The normalized spacial score (nSPS) is 20.9. The molecule has 1 aromatic carbocycles. The Labute approximate surface area is 132 Å². The number of aryl methyl sites for hydroxylation is 1. The fourth-order valence-electron chi connectivity index (χ4n) is 3.02. The smallest absolute Gasteiger partial charge is 0.272 e. The molecular weight excluding hydrogens is 294 g/mol. The summed E-state index contributed by atoms with van der Waals surface area (Å²) in [6, 6.07) is 7.47. The molecule has 2 atom stereocenters. The molecule has 2 N–H and O–H groups in total. The number of aromatic amines is 1. The number of hydrogen-bond donors (Lipinski definition) is 2. The van der Waals surface area contributed by atoms with Gasteiger partial charge in [0.2, 0.25) is 0 Å². The largest absolute Gasteiger partial charge is 0.368 e. The molecule has 1 saturated heterocycles. The number of carbonyl (C=O) groups is 1. The number of para-hydroxylation sites is 1. The van der Waals surface area contributed by atoms with Crippen molar-refractivity contribution in [2.45, 2.75) is 18.6 Å². The van der Waals surface area contributed by atoms with Crippen molar-refractivity contribution < 1.29 is 9.53 Å². The molecule has 118 valence electrons. The highest BCUT2D eigenvalue weighted by molar-refractivity contribution is 6.04. The van der Waals surface area contributed by atoms with Crippen LogP contribution in [-0.4, -0.2) is 38.3 Å². The Hall–Kier alpha value is -2.67. The van der Waals surface area contributed by atoms with Crippen LogP contribution in [0.4, 0.5) is 0 Å². The Morgan fingerprint density at radius 1 is 1.43 bits per heavy atom. The average molecular weight is 311 g/mol. The highest BCUT2D eigenvalue weighted by atomic mass is 16.5. The second-order valence-electron chi connectivity index (χ2n) is 5.67. The maximum atomic E-state index is 12.6. The minimum atomic E-state index is -0.232. The van der Waals surface area contributed by atoms with Crippen molar-refractivity contribution in [1.82, 2.24) is 25.1 Å². The number of fused-ring (bicyclic) bond motifs is 1. The van der Waals surface area contributed by atoms with E-state index in [2.05, 4.69) is 20.5 Å². The predicted octanol–water partition coefficient (Wildman–Crippen LogP) is 1.56. The molecule has 0 spiro atoms. The Kier molecular flexibility index (Phi) is 3.34. The minimum Gasteiger partial charge on any atom is -0.368 e. The molecule has 0 unspecified atom stereocenters. The van der Waals surface area contributed by atoms with Gasteiger partial charge in [-0.25, -0.2) is 4.98 Å². The molecule has 0 aliphatic carbocycles. The van der Waals surface area contributed by atoms with E-state index in [1.807, 2.05) is 42.1 Å². The van der Waals surface area contributed by atoms with Crippen LogP contribution in [-0.2, 0) is 11.8 Å². The number of hydrogen-bond acceptors (Lipinski definition) is 4. The molecule has 4 rings (SSSR count). The van der Waals surface area contributed by atoms with Crippen molar-refractivity contribution in [3.63, 3.8) is 0 Å². The first-order chi connectivity index (χ1) is 11.2. The Morgan fingerprint density at radius 2 is 2.30 bits per heavy atom. The lowest BCUT2D eigenvalue weighted by atomic mass is 10.1. The summed E-state index contributed by atoms with van der Waals surface area (Å²) in [5.74, 6) is 0.622. The third-order valence-electron chi connectivity index (χ3n) is 4.21. The lowest BCUT2D eigenvalue weighted by Gasteiger charge is -2.19. The summed E-state index contributed by atoms with van der Waals surface area (Å²) in [5, 5.41) is 10.9. The van der Waals surface area contributed by atoms with Gasteiger partial charge in [0.15, 0.2) is 5.69 Å². The van der Waals surface area contributed by atoms with E-state index in [9.17, 15) is 4.79 Å². The summed E-state index contributed by atoms with van der Waals surface area (Å²) < 4.78 is 7.69. The number of carbonyl (C=O) groups excluding carboxylic acids is 1. The summed E-state index contributed by atoms with van der Waals surface area (Å²) in [4.78, 5) is 16.9. The van der Waals surface area contributed by atoms with Gasteiger partial charge in [0.1, 0.15) is 11.9 Å². The molecule has 1 aliphatic heterocycles. The predicted molar refractivity (Wildman–Crippen MR) is 83.9 cm³/mol. The number of nitrogens with one attached hydrogen (secondary N) is 2. The van der Waals surface area contributed by atoms with Crippen LogP contribution in [0.3, 0.4) is 0 Å². The van der Waals surface area contributed by atoms with E-state index in [0.717, 1.165) is 23.1 Å². The van der Waals surface area contributed by atoms with E-state index in [1.54, 1.807) is 6.20 Å². The molecule has 23 heavy (non-hydrogen) atoms. The second-order valence-corrected chi connectivity index (χ2v) is 5.67.